The van der Waals surface area contributed by atoms with Crippen LogP contribution in [0.5, 0.6) is 17.2 Å². The average molecular weight is 452 g/mol. The number of aromatic nitrogens is 2. The second-order valence-electron chi connectivity index (χ2n) is 8.05. The number of nitrogens with zero attached hydrogens (tertiary/aromatic N) is 3. The van der Waals surface area contributed by atoms with Crippen molar-refractivity contribution in [2.45, 2.75) is 38.6 Å². The molecule has 1 aliphatic heterocycles. The minimum absolute atomic E-state index is 0.0584. The number of unbranched alkanes of at least 4 members (excludes halogenated alkanes) is 1. The van der Waals surface area contributed by atoms with E-state index in [9.17, 15) is 4.79 Å². The number of amides is 1. The average Bonchev–Trinajstić information content (AvgIpc) is 3.47. The molecule has 0 aliphatic carbocycles. The van der Waals surface area contributed by atoms with Crippen LogP contribution >= 0.6 is 0 Å². The molecule has 1 aromatic heterocycles. The summed E-state index contributed by atoms with van der Waals surface area (Å²) >= 11 is 0. The molecular formula is C25H29N3O5. The topological polar surface area (TPSA) is 86.9 Å². The van der Waals surface area contributed by atoms with E-state index in [4.69, 9.17) is 18.7 Å². The van der Waals surface area contributed by atoms with E-state index in [2.05, 4.69) is 17.1 Å². The summed E-state index contributed by atoms with van der Waals surface area (Å²) in [6.45, 7) is 3.85. The second kappa shape index (κ2) is 10.4. The van der Waals surface area contributed by atoms with Crippen molar-refractivity contribution in [2.24, 2.45) is 0 Å². The van der Waals surface area contributed by atoms with Crippen LogP contribution in [0.3, 0.4) is 0 Å². The lowest BCUT2D eigenvalue weighted by molar-refractivity contribution is -0.128. The van der Waals surface area contributed by atoms with E-state index >= 15 is 0 Å². The monoisotopic (exact) mass is 451 g/mol. The van der Waals surface area contributed by atoms with Crippen LogP contribution in [0.4, 0.5) is 0 Å². The summed E-state index contributed by atoms with van der Waals surface area (Å²) in [6.07, 6.45) is 2.47. The molecule has 0 saturated carbocycles. The van der Waals surface area contributed by atoms with Gasteiger partial charge in [-0.05, 0) is 48.4 Å². The number of carbonyl (C=O) groups excluding carboxylic acids is 1. The van der Waals surface area contributed by atoms with Gasteiger partial charge in [-0.15, -0.1) is 0 Å². The lowest BCUT2D eigenvalue weighted by Gasteiger charge is -2.17. The standard InChI is InChI=1S/C25H29N3O5/c1-4-5-12-32-20-9-7-18(8-10-20)24-26-25(33-27-24)19-14-23(29)28(16-19)15-17-6-11-21(30-2)22(13-17)31-3/h6-11,13,19H,4-5,12,14-16H2,1-3H3. The van der Waals surface area contributed by atoms with E-state index in [1.165, 1.54) is 0 Å². The molecule has 1 saturated heterocycles. The van der Waals surface area contributed by atoms with Gasteiger partial charge in [0, 0.05) is 25.1 Å². The Morgan fingerprint density at radius 1 is 1.09 bits per heavy atom. The highest BCUT2D eigenvalue weighted by Gasteiger charge is 2.34. The van der Waals surface area contributed by atoms with Crippen LogP contribution in [-0.2, 0) is 11.3 Å². The van der Waals surface area contributed by atoms with Gasteiger partial charge in [-0.3, -0.25) is 4.79 Å². The molecule has 174 valence electrons. The predicted molar refractivity (Wildman–Crippen MR) is 122 cm³/mol. The Bertz CT molecular complexity index is 1080. The van der Waals surface area contributed by atoms with Crippen molar-refractivity contribution in [3.63, 3.8) is 0 Å². The van der Waals surface area contributed by atoms with Crippen LogP contribution in [0.2, 0.25) is 0 Å². The number of benzene rings is 2. The molecule has 8 nitrogen and oxygen atoms in total. The Morgan fingerprint density at radius 3 is 2.61 bits per heavy atom. The van der Waals surface area contributed by atoms with E-state index < -0.39 is 0 Å². The molecule has 4 rings (SSSR count). The number of carbonyl (C=O) groups is 1. The molecule has 1 atom stereocenters. The highest BCUT2D eigenvalue weighted by Crippen LogP contribution is 2.32. The highest BCUT2D eigenvalue weighted by atomic mass is 16.5. The fourth-order valence-corrected chi connectivity index (χ4v) is 3.84. The molecule has 2 heterocycles. The quantitative estimate of drug-likeness (QED) is 0.421. The number of likely N-dealkylation sites (tertiary alicyclic amines) is 1. The first-order chi connectivity index (χ1) is 16.1. The largest absolute Gasteiger partial charge is 0.494 e. The Hall–Kier alpha value is -3.55. The van der Waals surface area contributed by atoms with Crippen LogP contribution in [-0.4, -0.2) is 48.3 Å². The summed E-state index contributed by atoms with van der Waals surface area (Å²) < 4.78 is 21.9. The third-order valence-corrected chi connectivity index (χ3v) is 5.71. The first-order valence-electron chi connectivity index (χ1n) is 11.2. The second-order valence-corrected chi connectivity index (χ2v) is 8.05. The van der Waals surface area contributed by atoms with Gasteiger partial charge in [0.05, 0.1) is 26.7 Å². The normalized spacial score (nSPS) is 15.7. The molecule has 1 unspecified atom stereocenters. The first kappa shape index (κ1) is 22.6. The van der Waals surface area contributed by atoms with E-state index in [0.717, 1.165) is 29.7 Å². The summed E-state index contributed by atoms with van der Waals surface area (Å²) in [5.41, 5.74) is 1.81. The van der Waals surface area contributed by atoms with Crippen molar-refractivity contribution in [1.29, 1.82) is 0 Å². The van der Waals surface area contributed by atoms with Crippen LogP contribution < -0.4 is 14.2 Å². The zero-order chi connectivity index (χ0) is 23.2. The van der Waals surface area contributed by atoms with Gasteiger partial charge in [0.25, 0.3) is 0 Å². The maximum absolute atomic E-state index is 12.6. The summed E-state index contributed by atoms with van der Waals surface area (Å²) in [5.74, 6) is 3.04. The Labute approximate surface area is 193 Å². The molecule has 8 heteroatoms. The number of hydrogen-bond donors (Lipinski definition) is 0. The molecule has 1 aliphatic rings. The lowest BCUT2D eigenvalue weighted by atomic mass is 10.1. The van der Waals surface area contributed by atoms with Gasteiger partial charge < -0.3 is 23.6 Å². The number of hydrogen-bond acceptors (Lipinski definition) is 7. The zero-order valence-electron chi connectivity index (χ0n) is 19.2. The van der Waals surface area contributed by atoms with Gasteiger partial charge in [-0.1, -0.05) is 24.6 Å². The minimum Gasteiger partial charge on any atom is -0.494 e. The molecule has 1 amide bonds. The fraction of sp³-hybridized carbons (Fsp3) is 0.400. The molecule has 33 heavy (non-hydrogen) atoms. The molecule has 0 N–H and O–H groups in total. The Balaban J connectivity index is 1.39. The van der Waals surface area contributed by atoms with Crippen molar-refractivity contribution in [1.82, 2.24) is 15.0 Å². The number of methoxy groups -OCH3 is 2. The summed E-state index contributed by atoms with van der Waals surface area (Å²) in [4.78, 5) is 19.0. The summed E-state index contributed by atoms with van der Waals surface area (Å²) in [6, 6.07) is 13.3. The van der Waals surface area contributed by atoms with Crippen LogP contribution in [0.1, 0.15) is 43.6 Å². The first-order valence-corrected chi connectivity index (χ1v) is 11.2. The SMILES string of the molecule is CCCCOc1ccc(-c2noc(C3CC(=O)N(Cc4ccc(OC)c(OC)c4)C3)n2)cc1. The van der Waals surface area contributed by atoms with Crippen LogP contribution in [0, 0.1) is 0 Å². The predicted octanol–water partition coefficient (Wildman–Crippen LogP) is 4.45. The Morgan fingerprint density at radius 2 is 1.88 bits per heavy atom. The highest BCUT2D eigenvalue weighted by molar-refractivity contribution is 5.79. The van der Waals surface area contributed by atoms with Crippen molar-refractivity contribution >= 4 is 5.91 Å². The number of rotatable bonds is 10. The fourth-order valence-electron chi connectivity index (χ4n) is 3.84. The van der Waals surface area contributed by atoms with Gasteiger partial charge in [0.1, 0.15) is 5.75 Å². The van der Waals surface area contributed by atoms with Crippen LogP contribution in [0.15, 0.2) is 47.0 Å². The van der Waals surface area contributed by atoms with E-state index in [1.54, 1.807) is 19.1 Å². The van der Waals surface area contributed by atoms with Crippen molar-refractivity contribution in [3.05, 3.63) is 53.9 Å². The summed E-state index contributed by atoms with van der Waals surface area (Å²) in [5, 5.41) is 4.12. The molecule has 0 bridgehead atoms. The minimum atomic E-state index is -0.129. The van der Waals surface area contributed by atoms with Gasteiger partial charge in [-0.2, -0.15) is 4.98 Å². The third kappa shape index (κ3) is 5.27. The van der Waals surface area contributed by atoms with Crippen molar-refractivity contribution < 1.29 is 23.5 Å². The zero-order valence-corrected chi connectivity index (χ0v) is 19.2. The molecule has 3 aromatic rings. The Kier molecular flexibility index (Phi) is 7.12. The molecule has 1 fully saturated rings. The van der Waals surface area contributed by atoms with Gasteiger partial charge in [-0.25, -0.2) is 0 Å². The molecular weight excluding hydrogens is 422 g/mol. The summed E-state index contributed by atoms with van der Waals surface area (Å²) in [7, 11) is 3.19. The van der Waals surface area contributed by atoms with Crippen molar-refractivity contribution in [2.75, 3.05) is 27.4 Å². The number of ether oxygens (including phenoxy) is 3. The smallest absolute Gasteiger partial charge is 0.232 e. The lowest BCUT2D eigenvalue weighted by Crippen LogP contribution is -2.24. The van der Waals surface area contributed by atoms with E-state index in [-0.39, 0.29) is 11.8 Å². The van der Waals surface area contributed by atoms with E-state index in [0.29, 0.717) is 49.3 Å². The molecule has 0 radical (unpaired) electrons. The van der Waals surface area contributed by atoms with Crippen molar-refractivity contribution in [3.8, 4) is 28.6 Å². The van der Waals surface area contributed by atoms with Gasteiger partial charge in [0.15, 0.2) is 11.5 Å². The van der Waals surface area contributed by atoms with E-state index in [1.807, 2.05) is 42.5 Å². The molecule has 0 spiro atoms. The maximum Gasteiger partial charge on any atom is 0.232 e. The van der Waals surface area contributed by atoms with Gasteiger partial charge >= 0.3 is 0 Å². The molecule has 2 aromatic carbocycles. The van der Waals surface area contributed by atoms with Crippen LogP contribution in [0.25, 0.3) is 11.4 Å². The maximum atomic E-state index is 12.6. The third-order valence-electron chi connectivity index (χ3n) is 5.71. The van der Waals surface area contributed by atoms with Gasteiger partial charge in [0.2, 0.25) is 17.6 Å².